The summed E-state index contributed by atoms with van der Waals surface area (Å²) < 4.78 is 1.12. The summed E-state index contributed by atoms with van der Waals surface area (Å²) in [6.45, 7) is 1.87. The SMILES string of the molecule is CC(NC(=O)c1cccc([N+](=O)[O-])c1)c1ccc(I)cc1. The molecule has 1 atom stereocenters. The minimum absolute atomic E-state index is 0.0930. The summed E-state index contributed by atoms with van der Waals surface area (Å²) in [5.41, 5.74) is 1.17. The number of hydrogen-bond donors (Lipinski definition) is 1. The Bertz CT molecular complexity index is 671. The van der Waals surface area contributed by atoms with Crippen molar-refractivity contribution in [2.45, 2.75) is 13.0 Å². The van der Waals surface area contributed by atoms with Crippen LogP contribution in [0.2, 0.25) is 0 Å². The van der Waals surface area contributed by atoms with E-state index in [-0.39, 0.29) is 23.2 Å². The van der Waals surface area contributed by atoms with Gasteiger partial charge in [-0.15, -0.1) is 0 Å². The molecule has 1 amide bonds. The van der Waals surface area contributed by atoms with Crippen LogP contribution in [0.4, 0.5) is 5.69 Å². The van der Waals surface area contributed by atoms with Crippen molar-refractivity contribution >= 4 is 34.2 Å². The Hall–Kier alpha value is -1.96. The van der Waals surface area contributed by atoms with Gasteiger partial charge in [0.1, 0.15) is 0 Å². The maximum absolute atomic E-state index is 12.1. The third-order valence-electron chi connectivity index (χ3n) is 3.04. The van der Waals surface area contributed by atoms with Crippen molar-refractivity contribution in [3.05, 3.63) is 73.3 Å². The van der Waals surface area contributed by atoms with Crippen molar-refractivity contribution in [2.24, 2.45) is 0 Å². The van der Waals surface area contributed by atoms with E-state index in [0.717, 1.165) is 9.13 Å². The lowest BCUT2D eigenvalue weighted by atomic mass is 10.1. The van der Waals surface area contributed by atoms with Crippen molar-refractivity contribution in [3.63, 3.8) is 0 Å². The van der Waals surface area contributed by atoms with Crippen LogP contribution in [0.3, 0.4) is 0 Å². The van der Waals surface area contributed by atoms with Gasteiger partial charge >= 0.3 is 0 Å². The Kier molecular flexibility index (Phi) is 4.89. The van der Waals surface area contributed by atoms with Crippen LogP contribution in [-0.2, 0) is 0 Å². The molecule has 0 aromatic heterocycles. The normalized spacial score (nSPS) is 11.7. The van der Waals surface area contributed by atoms with Crippen LogP contribution in [0.25, 0.3) is 0 Å². The average molecular weight is 396 g/mol. The standard InChI is InChI=1S/C15H13IN2O3/c1-10(11-5-7-13(16)8-6-11)17-15(19)12-3-2-4-14(9-12)18(20)21/h2-10H,1H3,(H,17,19). The molecule has 2 aromatic rings. The highest BCUT2D eigenvalue weighted by Crippen LogP contribution is 2.17. The summed E-state index contributed by atoms with van der Waals surface area (Å²) in [5.74, 6) is -0.329. The molecule has 0 fully saturated rings. The Morgan fingerprint density at radius 2 is 1.90 bits per heavy atom. The van der Waals surface area contributed by atoms with Gasteiger partial charge in [0.25, 0.3) is 11.6 Å². The highest BCUT2D eigenvalue weighted by atomic mass is 127. The second-order valence-corrected chi connectivity index (χ2v) is 5.80. The average Bonchev–Trinajstić information content (AvgIpc) is 2.48. The quantitative estimate of drug-likeness (QED) is 0.487. The molecule has 0 aliphatic heterocycles. The molecule has 2 aromatic carbocycles. The van der Waals surface area contributed by atoms with Gasteiger partial charge in [0, 0.05) is 21.3 Å². The highest BCUT2D eigenvalue weighted by Gasteiger charge is 2.14. The molecule has 6 heteroatoms. The van der Waals surface area contributed by atoms with E-state index in [4.69, 9.17) is 0 Å². The fraction of sp³-hybridized carbons (Fsp3) is 0.133. The van der Waals surface area contributed by atoms with E-state index < -0.39 is 4.92 Å². The number of nitro groups is 1. The summed E-state index contributed by atoms with van der Waals surface area (Å²) in [5, 5.41) is 13.6. The Morgan fingerprint density at radius 3 is 2.52 bits per heavy atom. The van der Waals surface area contributed by atoms with Gasteiger partial charge in [-0.05, 0) is 53.3 Å². The Morgan fingerprint density at radius 1 is 1.24 bits per heavy atom. The maximum atomic E-state index is 12.1. The number of nitro benzene ring substituents is 1. The van der Waals surface area contributed by atoms with Crippen LogP contribution in [0.15, 0.2) is 48.5 Å². The molecule has 0 bridgehead atoms. The second kappa shape index (κ2) is 6.66. The first-order valence-electron chi connectivity index (χ1n) is 6.28. The van der Waals surface area contributed by atoms with E-state index >= 15 is 0 Å². The van der Waals surface area contributed by atoms with Gasteiger partial charge in [-0.3, -0.25) is 14.9 Å². The summed E-state index contributed by atoms with van der Waals surface area (Å²) in [6, 6.07) is 13.3. The lowest BCUT2D eigenvalue weighted by molar-refractivity contribution is -0.384. The van der Waals surface area contributed by atoms with Crippen LogP contribution in [0, 0.1) is 13.7 Å². The van der Waals surface area contributed by atoms with E-state index in [1.807, 2.05) is 31.2 Å². The first kappa shape index (κ1) is 15.4. The largest absolute Gasteiger partial charge is 0.346 e. The van der Waals surface area contributed by atoms with E-state index in [1.165, 1.54) is 18.2 Å². The number of rotatable bonds is 4. The summed E-state index contributed by atoms with van der Waals surface area (Å²) in [7, 11) is 0. The molecular formula is C15H13IN2O3. The van der Waals surface area contributed by atoms with Gasteiger partial charge in [0.15, 0.2) is 0 Å². The summed E-state index contributed by atoms with van der Waals surface area (Å²) >= 11 is 2.21. The number of nitrogens with one attached hydrogen (secondary N) is 1. The van der Waals surface area contributed by atoms with Crippen molar-refractivity contribution in [1.82, 2.24) is 5.32 Å². The zero-order valence-electron chi connectivity index (χ0n) is 11.2. The van der Waals surface area contributed by atoms with Crippen LogP contribution >= 0.6 is 22.6 Å². The fourth-order valence-corrected chi connectivity index (χ4v) is 2.24. The molecule has 0 aliphatic carbocycles. The number of carbonyl (C=O) groups is 1. The molecule has 2 rings (SSSR count). The maximum Gasteiger partial charge on any atom is 0.270 e. The first-order valence-corrected chi connectivity index (χ1v) is 7.36. The molecule has 0 saturated heterocycles. The topological polar surface area (TPSA) is 72.2 Å². The molecule has 5 nitrogen and oxygen atoms in total. The van der Waals surface area contributed by atoms with E-state index in [1.54, 1.807) is 6.07 Å². The Labute approximate surface area is 135 Å². The van der Waals surface area contributed by atoms with Crippen LogP contribution in [0.1, 0.15) is 28.9 Å². The molecule has 0 spiro atoms. The van der Waals surface area contributed by atoms with Crippen LogP contribution < -0.4 is 5.32 Å². The van der Waals surface area contributed by atoms with Gasteiger partial charge in [0.2, 0.25) is 0 Å². The van der Waals surface area contributed by atoms with E-state index in [0.29, 0.717) is 0 Å². The van der Waals surface area contributed by atoms with Gasteiger partial charge in [-0.1, -0.05) is 18.2 Å². The summed E-state index contributed by atoms with van der Waals surface area (Å²) in [6.07, 6.45) is 0. The van der Waals surface area contributed by atoms with Crippen molar-refractivity contribution in [3.8, 4) is 0 Å². The van der Waals surface area contributed by atoms with E-state index in [9.17, 15) is 14.9 Å². The zero-order valence-corrected chi connectivity index (χ0v) is 13.4. The minimum atomic E-state index is -0.515. The molecule has 108 valence electrons. The number of carbonyl (C=O) groups excluding carboxylic acids is 1. The fourth-order valence-electron chi connectivity index (χ4n) is 1.88. The van der Waals surface area contributed by atoms with Crippen molar-refractivity contribution in [2.75, 3.05) is 0 Å². The number of benzene rings is 2. The molecular weight excluding hydrogens is 383 g/mol. The predicted molar refractivity (Wildman–Crippen MR) is 88.1 cm³/mol. The molecule has 0 radical (unpaired) electrons. The van der Waals surface area contributed by atoms with Crippen LogP contribution in [-0.4, -0.2) is 10.8 Å². The van der Waals surface area contributed by atoms with Crippen LogP contribution in [0.5, 0.6) is 0 Å². The molecule has 1 N–H and O–H groups in total. The predicted octanol–water partition coefficient (Wildman–Crippen LogP) is 3.69. The lowest BCUT2D eigenvalue weighted by Gasteiger charge is -2.14. The molecule has 1 unspecified atom stereocenters. The number of amides is 1. The minimum Gasteiger partial charge on any atom is -0.346 e. The third-order valence-corrected chi connectivity index (χ3v) is 3.76. The number of nitrogens with zero attached hydrogens (tertiary/aromatic N) is 1. The first-order chi connectivity index (χ1) is 9.97. The lowest BCUT2D eigenvalue weighted by Crippen LogP contribution is -2.26. The zero-order chi connectivity index (χ0) is 15.4. The van der Waals surface area contributed by atoms with E-state index in [2.05, 4.69) is 27.9 Å². The molecule has 0 aliphatic rings. The third kappa shape index (κ3) is 4.01. The van der Waals surface area contributed by atoms with Gasteiger partial charge in [-0.2, -0.15) is 0 Å². The Balaban J connectivity index is 2.12. The van der Waals surface area contributed by atoms with Crippen molar-refractivity contribution < 1.29 is 9.72 Å². The second-order valence-electron chi connectivity index (χ2n) is 4.55. The molecule has 21 heavy (non-hydrogen) atoms. The molecule has 0 heterocycles. The number of non-ortho nitro benzene ring substituents is 1. The monoisotopic (exact) mass is 396 g/mol. The molecule has 0 saturated carbocycles. The van der Waals surface area contributed by atoms with Gasteiger partial charge in [0.05, 0.1) is 11.0 Å². The van der Waals surface area contributed by atoms with Gasteiger partial charge in [-0.25, -0.2) is 0 Å². The smallest absolute Gasteiger partial charge is 0.270 e. The highest BCUT2D eigenvalue weighted by molar-refractivity contribution is 14.1. The van der Waals surface area contributed by atoms with Crippen molar-refractivity contribution in [1.29, 1.82) is 0 Å². The number of halogens is 1. The number of hydrogen-bond acceptors (Lipinski definition) is 3. The summed E-state index contributed by atoms with van der Waals surface area (Å²) in [4.78, 5) is 22.3. The van der Waals surface area contributed by atoms with Gasteiger partial charge < -0.3 is 5.32 Å².